The van der Waals surface area contributed by atoms with Crippen molar-refractivity contribution in [2.24, 2.45) is 5.73 Å². The fraction of sp³-hybridized carbons (Fsp3) is 0.755. The summed E-state index contributed by atoms with van der Waals surface area (Å²) >= 11 is 0. The molecule has 9 heteroatoms. The smallest absolute Gasteiger partial charge is 0.387 e. The van der Waals surface area contributed by atoms with Crippen LogP contribution in [0, 0.1) is 0 Å². The molecule has 0 aromatic carbocycles. The van der Waals surface area contributed by atoms with Crippen LogP contribution >= 0.6 is 7.82 Å². The zero-order valence-electron chi connectivity index (χ0n) is 40.1. The van der Waals surface area contributed by atoms with E-state index in [2.05, 4.69) is 79.9 Å². The summed E-state index contributed by atoms with van der Waals surface area (Å²) in [5.41, 5.74) is 5.39. The second-order valence-corrected chi connectivity index (χ2v) is 18.4. The predicted molar refractivity (Wildman–Crippen MR) is 267 cm³/mol. The number of phosphoric ester groups is 1. The quantitative estimate of drug-likeness (QED) is 0.0272. The second-order valence-electron chi connectivity index (χ2n) is 17.0. The van der Waals surface area contributed by atoms with Gasteiger partial charge in [0.05, 0.1) is 25.4 Å². The van der Waals surface area contributed by atoms with E-state index in [1.807, 2.05) is 6.08 Å². The number of hydrogen-bond acceptors (Lipinski definition) is 6. The number of aliphatic hydroxyl groups is 1. The molecular formula is C53H97N2O6P. The maximum absolute atomic E-state index is 12.8. The van der Waals surface area contributed by atoms with E-state index in [4.69, 9.17) is 14.8 Å². The number of unbranched alkanes of at least 4 members (excludes halogenated alkanes) is 25. The Balaban J connectivity index is 4.16. The monoisotopic (exact) mass is 889 g/mol. The van der Waals surface area contributed by atoms with Crippen LogP contribution in [0.4, 0.5) is 0 Å². The van der Waals surface area contributed by atoms with Crippen LogP contribution in [0.25, 0.3) is 0 Å². The molecule has 0 radical (unpaired) electrons. The van der Waals surface area contributed by atoms with Gasteiger partial charge in [0.25, 0.3) is 0 Å². The molecule has 3 unspecified atom stereocenters. The van der Waals surface area contributed by atoms with Crippen molar-refractivity contribution in [1.29, 1.82) is 0 Å². The second kappa shape index (κ2) is 48.4. The Bertz CT molecular complexity index is 1200. The lowest BCUT2D eigenvalue weighted by Crippen LogP contribution is -2.45. The summed E-state index contributed by atoms with van der Waals surface area (Å²) < 4.78 is 22.2. The molecule has 5 N–H and O–H groups in total. The van der Waals surface area contributed by atoms with Gasteiger partial charge < -0.3 is 21.1 Å². The number of nitrogens with one attached hydrogen (secondary N) is 1. The summed E-state index contributed by atoms with van der Waals surface area (Å²) in [7, 11) is -4.36. The average Bonchev–Trinajstić information content (AvgIpc) is 3.26. The van der Waals surface area contributed by atoms with Gasteiger partial charge in [-0.1, -0.05) is 222 Å². The molecule has 0 aromatic rings. The lowest BCUT2D eigenvalue weighted by molar-refractivity contribution is -0.123. The molecule has 62 heavy (non-hydrogen) atoms. The van der Waals surface area contributed by atoms with Gasteiger partial charge in [-0.25, -0.2) is 4.57 Å². The van der Waals surface area contributed by atoms with E-state index in [1.165, 1.54) is 135 Å². The van der Waals surface area contributed by atoms with Crippen molar-refractivity contribution in [2.75, 3.05) is 19.8 Å². The minimum Gasteiger partial charge on any atom is -0.387 e. The number of rotatable bonds is 47. The molecule has 0 saturated carbocycles. The Morgan fingerprint density at radius 1 is 0.548 bits per heavy atom. The molecule has 0 rings (SSSR count). The van der Waals surface area contributed by atoms with Gasteiger partial charge in [-0.15, -0.1) is 0 Å². The normalized spacial score (nSPS) is 14.5. The van der Waals surface area contributed by atoms with Crippen LogP contribution in [-0.4, -0.2) is 47.8 Å². The van der Waals surface area contributed by atoms with E-state index in [-0.39, 0.29) is 25.7 Å². The van der Waals surface area contributed by atoms with Crippen molar-refractivity contribution < 1.29 is 28.4 Å². The van der Waals surface area contributed by atoms with E-state index < -0.39 is 20.0 Å². The predicted octanol–water partition coefficient (Wildman–Crippen LogP) is 15.2. The molecule has 0 bridgehead atoms. The molecule has 0 saturated heterocycles. The Hall–Kier alpha value is -2.06. The van der Waals surface area contributed by atoms with E-state index in [1.54, 1.807) is 6.08 Å². The Morgan fingerprint density at radius 3 is 1.44 bits per heavy atom. The van der Waals surface area contributed by atoms with Crippen LogP contribution < -0.4 is 11.1 Å². The number of hydrogen-bond donors (Lipinski definition) is 4. The summed E-state index contributed by atoms with van der Waals surface area (Å²) in [6.07, 6.45) is 63.9. The minimum absolute atomic E-state index is 0.0705. The number of carbonyl (C=O) groups excluding carboxylic acids is 1. The number of carbonyl (C=O) groups is 1. The summed E-state index contributed by atoms with van der Waals surface area (Å²) in [6, 6.07) is -0.884. The number of aliphatic hydroxyl groups excluding tert-OH is 1. The van der Waals surface area contributed by atoms with Gasteiger partial charge >= 0.3 is 7.82 Å². The van der Waals surface area contributed by atoms with Gasteiger partial charge in [0.2, 0.25) is 5.91 Å². The van der Waals surface area contributed by atoms with Crippen LogP contribution in [-0.2, 0) is 18.4 Å². The molecule has 0 fully saturated rings. The number of nitrogens with two attached hydrogens (primary N) is 1. The maximum Gasteiger partial charge on any atom is 0.472 e. The number of phosphoric acid groups is 1. The van der Waals surface area contributed by atoms with Crippen LogP contribution in [0.2, 0.25) is 0 Å². The number of amides is 1. The van der Waals surface area contributed by atoms with Crippen molar-refractivity contribution in [2.45, 2.75) is 238 Å². The largest absolute Gasteiger partial charge is 0.472 e. The van der Waals surface area contributed by atoms with E-state index in [0.717, 1.165) is 70.6 Å². The highest BCUT2D eigenvalue weighted by Crippen LogP contribution is 2.43. The molecule has 0 aliphatic carbocycles. The highest BCUT2D eigenvalue weighted by molar-refractivity contribution is 7.47. The van der Waals surface area contributed by atoms with Crippen molar-refractivity contribution in [3.63, 3.8) is 0 Å². The van der Waals surface area contributed by atoms with Crippen LogP contribution in [0.1, 0.15) is 226 Å². The topological polar surface area (TPSA) is 131 Å². The van der Waals surface area contributed by atoms with Gasteiger partial charge in [0, 0.05) is 13.0 Å². The average molecular weight is 889 g/mol. The van der Waals surface area contributed by atoms with Crippen molar-refractivity contribution in [1.82, 2.24) is 5.32 Å². The molecule has 0 heterocycles. The Labute approximate surface area is 382 Å². The highest BCUT2D eigenvalue weighted by Gasteiger charge is 2.26. The lowest BCUT2D eigenvalue weighted by atomic mass is 10.0. The van der Waals surface area contributed by atoms with Gasteiger partial charge in [-0.05, 0) is 70.6 Å². The molecule has 0 spiro atoms. The van der Waals surface area contributed by atoms with Crippen LogP contribution in [0.5, 0.6) is 0 Å². The van der Waals surface area contributed by atoms with Crippen molar-refractivity contribution in [3.05, 3.63) is 72.9 Å². The summed E-state index contributed by atoms with van der Waals surface area (Å²) in [6.45, 7) is 4.01. The number of allylic oxidation sites excluding steroid dienone is 11. The first-order valence-electron chi connectivity index (χ1n) is 25.6. The third-order valence-electron chi connectivity index (χ3n) is 11.0. The van der Waals surface area contributed by atoms with E-state index >= 15 is 0 Å². The molecule has 8 nitrogen and oxygen atoms in total. The molecule has 360 valence electrons. The fourth-order valence-electron chi connectivity index (χ4n) is 7.20. The summed E-state index contributed by atoms with van der Waals surface area (Å²) in [4.78, 5) is 22.8. The molecule has 0 aliphatic rings. The standard InChI is InChI=1S/C53H97N2O6P/c1-3-5-7-9-11-13-15-17-19-21-23-25-26-27-29-31-33-35-37-39-41-43-45-47-53(57)55-51(50-61-62(58,59)60-49-48-54)52(56)46-44-42-40-38-36-34-32-30-28-24-22-20-18-16-14-12-10-8-6-4-2/h5,7,11,13,17,19,23,25,36,38,44,46,51-52,56H,3-4,6,8-10,12,14-16,18,20-22,24,26-35,37,39-43,45,47-50,54H2,1-2H3,(H,55,57)(H,58,59)/b7-5-,13-11-,19-17-,25-23-,38-36+,46-44+. The van der Waals surface area contributed by atoms with Gasteiger partial charge in [0.1, 0.15) is 0 Å². The summed E-state index contributed by atoms with van der Waals surface area (Å²) in [5.74, 6) is -0.210. The first-order valence-corrected chi connectivity index (χ1v) is 27.1. The maximum atomic E-state index is 12.8. The van der Waals surface area contributed by atoms with Gasteiger partial charge in [-0.2, -0.15) is 0 Å². The zero-order chi connectivity index (χ0) is 45.3. The molecule has 1 amide bonds. The summed E-state index contributed by atoms with van der Waals surface area (Å²) in [5, 5.41) is 13.7. The Morgan fingerprint density at radius 2 is 0.952 bits per heavy atom. The SMILES string of the molecule is CC/C=C\C/C=C\C/C=C\C/C=C\CCCCCCCCCCCCC(=O)NC(COP(=O)(O)OCCN)C(O)/C=C/CC/C=C/CCCCCCCCCCCCCCCC. The van der Waals surface area contributed by atoms with Gasteiger partial charge in [-0.3, -0.25) is 13.8 Å². The minimum atomic E-state index is -4.36. The first kappa shape index (κ1) is 59.9. The van der Waals surface area contributed by atoms with Gasteiger partial charge in [0.15, 0.2) is 0 Å². The third kappa shape index (κ3) is 45.9. The van der Waals surface area contributed by atoms with Crippen LogP contribution in [0.3, 0.4) is 0 Å². The molecular weight excluding hydrogens is 792 g/mol. The molecule has 3 atom stereocenters. The van der Waals surface area contributed by atoms with Crippen molar-refractivity contribution >= 4 is 13.7 Å². The van der Waals surface area contributed by atoms with Crippen molar-refractivity contribution in [3.8, 4) is 0 Å². The Kier molecular flexibility index (Phi) is 46.8. The first-order chi connectivity index (χ1) is 30.4. The lowest BCUT2D eigenvalue weighted by Gasteiger charge is -2.23. The highest BCUT2D eigenvalue weighted by atomic mass is 31.2. The van der Waals surface area contributed by atoms with Crippen LogP contribution in [0.15, 0.2) is 72.9 Å². The van der Waals surface area contributed by atoms with E-state index in [9.17, 15) is 19.4 Å². The fourth-order valence-corrected chi connectivity index (χ4v) is 7.96. The van der Waals surface area contributed by atoms with E-state index in [0.29, 0.717) is 6.42 Å². The molecule has 0 aliphatic heterocycles. The third-order valence-corrected chi connectivity index (χ3v) is 12.0. The molecule has 0 aromatic heterocycles. The zero-order valence-corrected chi connectivity index (χ0v) is 41.0.